The molecule has 0 bridgehead atoms. The van der Waals surface area contributed by atoms with Crippen LogP contribution < -0.4 is 10.5 Å². The van der Waals surface area contributed by atoms with E-state index in [4.69, 9.17) is 22.1 Å². The minimum Gasteiger partial charge on any atom is -0.492 e. The number of rotatable bonds is 5. The van der Waals surface area contributed by atoms with Gasteiger partial charge in [0.25, 0.3) is 5.91 Å². The van der Waals surface area contributed by atoms with Gasteiger partial charge in [0.1, 0.15) is 5.75 Å². The Bertz CT molecular complexity index is 1060. The Morgan fingerprint density at radius 3 is 2.59 bits per heavy atom. The van der Waals surface area contributed by atoms with E-state index < -0.39 is 0 Å². The first kappa shape index (κ1) is 21.3. The Morgan fingerprint density at radius 1 is 1.16 bits per heavy atom. The third-order valence-corrected chi connectivity index (χ3v) is 7.57. The first-order chi connectivity index (χ1) is 15.4. The molecule has 2 amide bonds. The van der Waals surface area contributed by atoms with E-state index in [0.29, 0.717) is 29.0 Å². The summed E-state index contributed by atoms with van der Waals surface area (Å²) in [5.41, 5.74) is 9.42. The molecule has 3 aliphatic heterocycles. The van der Waals surface area contributed by atoms with Crippen LogP contribution >= 0.6 is 11.6 Å². The fourth-order valence-electron chi connectivity index (χ4n) is 5.47. The summed E-state index contributed by atoms with van der Waals surface area (Å²) in [6, 6.07) is 11.7. The quantitative estimate of drug-likeness (QED) is 0.754. The molecular weight excluding hydrogens is 426 g/mol. The van der Waals surface area contributed by atoms with Crippen molar-refractivity contribution in [2.24, 2.45) is 17.6 Å². The zero-order chi connectivity index (χ0) is 22.4. The van der Waals surface area contributed by atoms with Gasteiger partial charge in [-0.05, 0) is 47.6 Å². The van der Waals surface area contributed by atoms with Gasteiger partial charge in [-0.15, -0.1) is 0 Å². The molecule has 2 fully saturated rings. The van der Waals surface area contributed by atoms with Gasteiger partial charge in [-0.1, -0.05) is 35.9 Å². The fraction of sp³-hybridized carbons (Fsp3) is 0.440. The lowest BCUT2D eigenvalue weighted by molar-refractivity contribution is -0.119. The Morgan fingerprint density at radius 2 is 1.91 bits per heavy atom. The summed E-state index contributed by atoms with van der Waals surface area (Å²) in [6.07, 6.45) is 1.12. The molecule has 0 spiro atoms. The number of primary amides is 1. The Balaban J connectivity index is 1.30. The number of ether oxygens (including phenoxy) is 1. The van der Waals surface area contributed by atoms with Crippen LogP contribution in [0.5, 0.6) is 5.75 Å². The molecule has 3 unspecified atom stereocenters. The minimum atomic E-state index is -0.321. The summed E-state index contributed by atoms with van der Waals surface area (Å²) >= 11 is 6.36. The van der Waals surface area contributed by atoms with Crippen molar-refractivity contribution in [1.29, 1.82) is 0 Å². The average molecular weight is 454 g/mol. The molecule has 2 aromatic rings. The number of hydrogen-bond donors (Lipinski definition) is 1. The van der Waals surface area contributed by atoms with Gasteiger partial charge in [-0.2, -0.15) is 0 Å². The minimum absolute atomic E-state index is 0.0590. The lowest BCUT2D eigenvalue weighted by Crippen LogP contribution is -2.36. The lowest BCUT2D eigenvalue weighted by Gasteiger charge is -2.29. The molecule has 2 N–H and O–H groups in total. The van der Waals surface area contributed by atoms with Crippen LogP contribution in [0.2, 0.25) is 5.02 Å². The fourth-order valence-corrected chi connectivity index (χ4v) is 5.66. The second-order valence-corrected chi connectivity index (χ2v) is 9.68. The van der Waals surface area contributed by atoms with Crippen LogP contribution in [0.4, 0.5) is 0 Å². The molecule has 3 atom stereocenters. The van der Waals surface area contributed by atoms with Crippen LogP contribution in [-0.2, 0) is 11.2 Å². The number of fused-ring (bicyclic) bond motifs is 2. The van der Waals surface area contributed by atoms with Crippen molar-refractivity contribution < 1.29 is 14.3 Å². The SMILES string of the molecule is Cc1ccc(C(CC(N)=O)N2CC3CN(C(=O)c4cccc5c4OCC5)CC3C2)cc1Cl. The molecule has 0 radical (unpaired) electrons. The molecule has 0 aromatic heterocycles. The highest BCUT2D eigenvalue weighted by molar-refractivity contribution is 6.31. The summed E-state index contributed by atoms with van der Waals surface area (Å²) < 4.78 is 5.75. The molecule has 0 aliphatic carbocycles. The van der Waals surface area contributed by atoms with Crippen molar-refractivity contribution in [3.05, 3.63) is 63.7 Å². The monoisotopic (exact) mass is 453 g/mol. The number of hydrogen-bond acceptors (Lipinski definition) is 4. The van der Waals surface area contributed by atoms with Gasteiger partial charge in [0.05, 0.1) is 12.2 Å². The highest BCUT2D eigenvalue weighted by atomic mass is 35.5. The van der Waals surface area contributed by atoms with E-state index in [9.17, 15) is 9.59 Å². The summed E-state index contributed by atoms with van der Waals surface area (Å²) in [5, 5.41) is 0.700. The van der Waals surface area contributed by atoms with Crippen molar-refractivity contribution in [1.82, 2.24) is 9.80 Å². The zero-order valence-corrected chi connectivity index (χ0v) is 19.0. The molecule has 0 saturated carbocycles. The summed E-state index contributed by atoms with van der Waals surface area (Å²) in [5.74, 6) is 1.26. The molecule has 168 valence electrons. The first-order valence-corrected chi connectivity index (χ1v) is 11.6. The van der Waals surface area contributed by atoms with Crippen LogP contribution in [-0.4, -0.2) is 54.4 Å². The Kier molecular flexibility index (Phi) is 5.59. The molecule has 5 rings (SSSR count). The second-order valence-electron chi connectivity index (χ2n) is 9.27. The van der Waals surface area contributed by atoms with E-state index in [0.717, 1.165) is 55.0 Å². The standard InChI is InChI=1S/C25H28ClN3O3/c1-15-5-6-17(9-21(15)26)22(10-23(27)30)28-11-18-13-29(14-19(18)12-28)25(31)20-4-2-3-16-7-8-32-24(16)20/h2-6,9,18-19,22H,7-8,10-14H2,1H3,(H2,27,30). The number of aryl methyl sites for hydroxylation is 1. The van der Waals surface area contributed by atoms with Gasteiger partial charge >= 0.3 is 0 Å². The summed E-state index contributed by atoms with van der Waals surface area (Å²) in [6.45, 7) is 5.73. The van der Waals surface area contributed by atoms with Crippen LogP contribution in [0.1, 0.15) is 39.5 Å². The second kappa shape index (κ2) is 8.41. The van der Waals surface area contributed by atoms with Gasteiger partial charge in [0.2, 0.25) is 5.91 Å². The highest BCUT2D eigenvalue weighted by Gasteiger charge is 2.44. The van der Waals surface area contributed by atoms with E-state index in [2.05, 4.69) is 4.90 Å². The maximum Gasteiger partial charge on any atom is 0.257 e. The molecular formula is C25H28ClN3O3. The Hall–Kier alpha value is -2.57. The van der Waals surface area contributed by atoms with Gasteiger partial charge in [0.15, 0.2) is 0 Å². The molecule has 32 heavy (non-hydrogen) atoms. The predicted molar refractivity (Wildman–Crippen MR) is 123 cm³/mol. The maximum atomic E-state index is 13.2. The largest absolute Gasteiger partial charge is 0.492 e. The molecule has 3 aliphatic rings. The number of halogens is 1. The molecule has 6 nitrogen and oxygen atoms in total. The molecule has 2 saturated heterocycles. The van der Waals surface area contributed by atoms with Gasteiger partial charge in [0, 0.05) is 50.1 Å². The number of carbonyl (C=O) groups is 2. The van der Waals surface area contributed by atoms with Gasteiger partial charge in [-0.25, -0.2) is 0 Å². The summed E-state index contributed by atoms with van der Waals surface area (Å²) in [4.78, 5) is 29.4. The predicted octanol–water partition coefficient (Wildman–Crippen LogP) is 3.20. The number of amides is 2. The van der Waals surface area contributed by atoms with Crippen molar-refractivity contribution in [2.75, 3.05) is 32.8 Å². The maximum absolute atomic E-state index is 13.2. The Labute approximate surface area is 193 Å². The number of nitrogens with two attached hydrogens (primary N) is 1. The third kappa shape index (κ3) is 3.86. The topological polar surface area (TPSA) is 75.9 Å². The normalized spacial score (nSPS) is 23.0. The van der Waals surface area contributed by atoms with E-state index >= 15 is 0 Å². The summed E-state index contributed by atoms with van der Waals surface area (Å²) in [7, 11) is 0. The van der Waals surface area contributed by atoms with Gasteiger partial charge < -0.3 is 15.4 Å². The average Bonchev–Trinajstić information content (AvgIpc) is 3.47. The number of nitrogens with zero attached hydrogens (tertiary/aromatic N) is 2. The van der Waals surface area contributed by atoms with E-state index in [1.807, 2.05) is 48.2 Å². The number of para-hydroxylation sites is 1. The third-order valence-electron chi connectivity index (χ3n) is 7.16. The van der Waals surface area contributed by atoms with E-state index in [1.165, 1.54) is 0 Å². The van der Waals surface area contributed by atoms with E-state index in [1.54, 1.807) is 0 Å². The van der Waals surface area contributed by atoms with Crippen LogP contribution in [0.3, 0.4) is 0 Å². The van der Waals surface area contributed by atoms with Crippen molar-refractivity contribution in [2.45, 2.75) is 25.8 Å². The molecule has 7 heteroatoms. The van der Waals surface area contributed by atoms with Crippen molar-refractivity contribution >= 4 is 23.4 Å². The number of benzene rings is 2. The van der Waals surface area contributed by atoms with Crippen LogP contribution in [0, 0.1) is 18.8 Å². The zero-order valence-electron chi connectivity index (χ0n) is 18.2. The molecule has 3 heterocycles. The van der Waals surface area contributed by atoms with Gasteiger partial charge in [-0.3, -0.25) is 14.5 Å². The van der Waals surface area contributed by atoms with Crippen LogP contribution in [0.25, 0.3) is 0 Å². The number of likely N-dealkylation sites (tertiary alicyclic amines) is 2. The van der Waals surface area contributed by atoms with Crippen molar-refractivity contribution in [3.63, 3.8) is 0 Å². The first-order valence-electron chi connectivity index (χ1n) is 11.2. The number of carbonyl (C=O) groups excluding carboxylic acids is 2. The smallest absolute Gasteiger partial charge is 0.257 e. The highest BCUT2D eigenvalue weighted by Crippen LogP contribution is 2.39. The molecule has 2 aromatic carbocycles. The van der Waals surface area contributed by atoms with E-state index in [-0.39, 0.29) is 24.3 Å². The van der Waals surface area contributed by atoms with Crippen molar-refractivity contribution in [3.8, 4) is 5.75 Å². The lowest BCUT2D eigenvalue weighted by atomic mass is 10.0. The van der Waals surface area contributed by atoms with Crippen LogP contribution in [0.15, 0.2) is 36.4 Å².